The molecule has 0 spiro atoms. The lowest BCUT2D eigenvalue weighted by Gasteiger charge is -2.26. The number of aryl methyl sites for hydroxylation is 1. The van der Waals surface area contributed by atoms with Crippen LogP contribution in [0.2, 0.25) is 0 Å². The quantitative estimate of drug-likeness (QED) is 0.131. The van der Waals surface area contributed by atoms with Gasteiger partial charge in [0.1, 0.15) is 23.1 Å². The molecule has 0 N–H and O–H groups in total. The number of nitrogens with zero attached hydrogens (tertiary/aromatic N) is 2. The van der Waals surface area contributed by atoms with E-state index in [1.54, 1.807) is 27.0 Å². The highest BCUT2D eigenvalue weighted by molar-refractivity contribution is 5.89. The SMILES string of the molecule is C.CC(=O)OCOC(=O)C(C)(C)C.CC(C)(C)C(=O)CCC(=O)CCCN1CCCCC1.CC(C)(C)C(=O)CCC(=O)CCc1ccccn1. The van der Waals surface area contributed by atoms with Crippen LogP contribution in [0.5, 0.6) is 0 Å². The molecule has 1 aliphatic heterocycles. The zero-order chi connectivity index (χ0) is 37.7. The molecule has 2 heterocycles. The van der Waals surface area contributed by atoms with Crippen molar-refractivity contribution in [3.8, 4) is 0 Å². The molecule has 1 aliphatic rings. The molecule has 1 aromatic heterocycles. The van der Waals surface area contributed by atoms with Gasteiger partial charge in [0, 0.05) is 68.2 Å². The molecule has 10 heteroatoms. The van der Waals surface area contributed by atoms with E-state index in [-0.39, 0.29) is 54.2 Å². The summed E-state index contributed by atoms with van der Waals surface area (Å²) < 4.78 is 9.06. The summed E-state index contributed by atoms with van der Waals surface area (Å²) >= 11 is 0. The number of piperidine rings is 1. The third kappa shape index (κ3) is 25.7. The van der Waals surface area contributed by atoms with Crippen LogP contribution in [0, 0.1) is 16.2 Å². The number of likely N-dealkylation sites (tertiary alicyclic amines) is 1. The van der Waals surface area contributed by atoms with Gasteiger partial charge in [0.05, 0.1) is 5.41 Å². The summed E-state index contributed by atoms with van der Waals surface area (Å²) in [7, 11) is 0. The highest BCUT2D eigenvalue weighted by Gasteiger charge is 2.24. The van der Waals surface area contributed by atoms with Crippen molar-refractivity contribution in [3.63, 3.8) is 0 Å². The van der Waals surface area contributed by atoms with Crippen LogP contribution in [0.3, 0.4) is 0 Å². The van der Waals surface area contributed by atoms with Gasteiger partial charge in [-0.1, -0.05) is 61.5 Å². The summed E-state index contributed by atoms with van der Waals surface area (Å²) in [4.78, 5) is 74.7. The molecule has 1 aromatic rings. The topological polar surface area (TPSA) is 137 Å². The van der Waals surface area contributed by atoms with Gasteiger partial charge >= 0.3 is 11.9 Å². The van der Waals surface area contributed by atoms with Crippen LogP contribution in [0.1, 0.15) is 147 Å². The molecule has 0 radical (unpaired) electrons. The Morgan fingerprint density at radius 3 is 1.64 bits per heavy atom. The van der Waals surface area contributed by atoms with Crippen LogP contribution >= 0.6 is 0 Å². The normalized spacial score (nSPS) is 13.2. The van der Waals surface area contributed by atoms with E-state index in [4.69, 9.17) is 0 Å². The molecule has 2 rings (SSSR count). The molecule has 1 fully saturated rings. The number of rotatable bonds is 15. The Morgan fingerprint density at radius 1 is 0.680 bits per heavy atom. The molecule has 50 heavy (non-hydrogen) atoms. The zero-order valence-electron chi connectivity index (χ0n) is 32.1. The fraction of sp³-hybridized carbons (Fsp3) is 0.725. The van der Waals surface area contributed by atoms with Gasteiger partial charge in [-0.3, -0.25) is 33.8 Å². The molecular weight excluding hydrogens is 636 g/mol. The fourth-order valence-corrected chi connectivity index (χ4v) is 4.38. The first-order valence-corrected chi connectivity index (χ1v) is 17.7. The molecule has 286 valence electrons. The Labute approximate surface area is 302 Å². The minimum Gasteiger partial charge on any atom is -0.428 e. The van der Waals surface area contributed by atoms with E-state index in [9.17, 15) is 28.8 Å². The van der Waals surface area contributed by atoms with Gasteiger partial charge in [-0.25, -0.2) is 0 Å². The van der Waals surface area contributed by atoms with Crippen LogP contribution in [0.15, 0.2) is 24.4 Å². The Balaban J connectivity index is 0. The van der Waals surface area contributed by atoms with Crippen molar-refractivity contribution in [1.82, 2.24) is 9.88 Å². The highest BCUT2D eigenvalue weighted by Crippen LogP contribution is 2.19. The van der Waals surface area contributed by atoms with Gasteiger partial charge in [-0.2, -0.15) is 0 Å². The van der Waals surface area contributed by atoms with E-state index in [2.05, 4.69) is 19.4 Å². The van der Waals surface area contributed by atoms with E-state index >= 15 is 0 Å². The maximum atomic E-state index is 11.7. The van der Waals surface area contributed by atoms with Crippen LogP contribution in [-0.2, 0) is 44.7 Å². The van der Waals surface area contributed by atoms with Gasteiger partial charge < -0.3 is 14.4 Å². The van der Waals surface area contributed by atoms with Crippen molar-refractivity contribution in [3.05, 3.63) is 30.1 Å². The van der Waals surface area contributed by atoms with E-state index in [1.165, 1.54) is 39.3 Å². The smallest absolute Gasteiger partial charge is 0.314 e. The second-order valence-electron chi connectivity index (χ2n) is 15.7. The zero-order valence-corrected chi connectivity index (χ0v) is 32.1. The van der Waals surface area contributed by atoms with E-state index in [0.29, 0.717) is 44.9 Å². The highest BCUT2D eigenvalue weighted by atomic mass is 16.7. The van der Waals surface area contributed by atoms with E-state index in [0.717, 1.165) is 18.7 Å². The van der Waals surface area contributed by atoms with Crippen LogP contribution in [-0.4, -0.2) is 71.4 Å². The van der Waals surface area contributed by atoms with Crippen molar-refractivity contribution >= 4 is 35.1 Å². The number of esters is 2. The number of pyridine rings is 1. The Bertz CT molecular complexity index is 1170. The number of Topliss-reactive ketones (excluding diaryl/α,β-unsaturated/α-hetero) is 4. The molecule has 1 saturated heterocycles. The van der Waals surface area contributed by atoms with Crippen molar-refractivity contribution in [1.29, 1.82) is 0 Å². The Kier molecular flexibility index (Phi) is 24.2. The maximum absolute atomic E-state index is 11.7. The molecule has 0 aliphatic carbocycles. The summed E-state index contributed by atoms with van der Waals surface area (Å²) in [6.45, 7) is 20.9. The second-order valence-corrected chi connectivity index (χ2v) is 15.7. The number of hydrogen-bond donors (Lipinski definition) is 0. The Morgan fingerprint density at radius 2 is 1.20 bits per heavy atom. The van der Waals surface area contributed by atoms with Gasteiger partial charge in [0.25, 0.3) is 0 Å². The van der Waals surface area contributed by atoms with Crippen LogP contribution < -0.4 is 0 Å². The molecule has 0 bridgehead atoms. The lowest BCUT2D eigenvalue weighted by atomic mass is 9.87. The lowest BCUT2D eigenvalue weighted by Crippen LogP contribution is -2.30. The first kappa shape index (κ1) is 48.8. The van der Waals surface area contributed by atoms with Gasteiger partial charge in [-0.05, 0) is 78.2 Å². The summed E-state index contributed by atoms with van der Waals surface area (Å²) in [5.74, 6) is -0.126. The van der Waals surface area contributed by atoms with Gasteiger partial charge in [0.15, 0.2) is 0 Å². The largest absolute Gasteiger partial charge is 0.428 e. The lowest BCUT2D eigenvalue weighted by molar-refractivity contribution is -0.172. The van der Waals surface area contributed by atoms with Gasteiger partial charge in [-0.15, -0.1) is 0 Å². The third-order valence-electron chi connectivity index (χ3n) is 7.76. The predicted molar refractivity (Wildman–Crippen MR) is 198 cm³/mol. The molecular formula is C40H68N2O8. The van der Waals surface area contributed by atoms with Crippen molar-refractivity contribution in [2.45, 2.75) is 147 Å². The van der Waals surface area contributed by atoms with Crippen LogP contribution in [0.4, 0.5) is 0 Å². The number of ketones is 4. The molecule has 0 unspecified atom stereocenters. The Hall–Kier alpha value is -3.27. The predicted octanol–water partition coefficient (Wildman–Crippen LogP) is 7.93. The summed E-state index contributed by atoms with van der Waals surface area (Å²) in [5.41, 5.74) is -0.289. The number of carbonyl (C=O) groups is 6. The summed E-state index contributed by atoms with van der Waals surface area (Å²) in [6, 6.07) is 5.68. The molecule has 0 amide bonds. The van der Waals surface area contributed by atoms with Crippen molar-refractivity contribution < 1.29 is 38.2 Å². The minimum absolute atomic E-state index is 0. The van der Waals surface area contributed by atoms with Crippen molar-refractivity contribution in [2.24, 2.45) is 16.2 Å². The fourth-order valence-electron chi connectivity index (χ4n) is 4.38. The molecule has 0 saturated carbocycles. The van der Waals surface area contributed by atoms with Gasteiger partial charge in [0.2, 0.25) is 6.79 Å². The molecule has 0 atom stereocenters. The van der Waals surface area contributed by atoms with Crippen molar-refractivity contribution in [2.75, 3.05) is 26.4 Å². The summed E-state index contributed by atoms with van der Waals surface area (Å²) in [5, 5.41) is 0. The molecule has 10 nitrogen and oxygen atoms in total. The number of carbonyl (C=O) groups excluding carboxylic acids is 6. The van der Waals surface area contributed by atoms with Crippen LogP contribution in [0.25, 0.3) is 0 Å². The first-order chi connectivity index (χ1) is 22.6. The summed E-state index contributed by atoms with van der Waals surface area (Å²) in [6.07, 6.45) is 9.92. The number of aromatic nitrogens is 1. The third-order valence-corrected chi connectivity index (χ3v) is 7.76. The van der Waals surface area contributed by atoms with E-state index in [1.807, 2.05) is 59.7 Å². The maximum Gasteiger partial charge on any atom is 0.314 e. The number of hydrogen-bond acceptors (Lipinski definition) is 10. The minimum atomic E-state index is -0.555. The molecule has 0 aromatic carbocycles. The average molecular weight is 705 g/mol. The van der Waals surface area contributed by atoms with E-state index < -0.39 is 11.4 Å². The second kappa shape index (κ2) is 24.8. The average Bonchev–Trinajstić information content (AvgIpc) is 3.01. The standard InChI is InChI=1S/C16H29NO2.C15H21NO2.C8H14O4.CH4/c1-16(2,3)15(19)10-9-14(18)8-7-13-17-11-5-4-6-12-17;1-15(2,3)14(18)10-9-13(17)8-7-12-6-4-5-11-16-12;1-6(9)11-5-12-7(10)8(2,3)4;/h4-13H2,1-3H3;4-6,11H,7-10H2,1-3H3;5H2,1-4H3;1H4. The first-order valence-electron chi connectivity index (χ1n) is 17.7. The number of ether oxygens (including phenoxy) is 2. The monoisotopic (exact) mass is 704 g/mol.